The largest absolute Gasteiger partial charge is 0 e. The Morgan fingerprint density at radius 2 is 1.00 bits per heavy atom. The van der Waals surface area contributed by atoms with Crippen LogP contribution in [0.15, 0.2) is 0 Å². The molecule has 0 aromatic rings. The third-order valence-electron chi connectivity index (χ3n) is 0. The second kappa shape index (κ2) is 15.7. The van der Waals surface area contributed by atoms with E-state index in [0.29, 0.717) is 0 Å². The molecule has 0 fully saturated rings. The molecule has 4 heavy (non-hydrogen) atoms. The standard InChI is InChI=1S/Ba.Li.Mg.Sr. The van der Waals surface area contributed by atoms with Gasteiger partial charge < -0.3 is 0 Å². The van der Waals surface area contributed by atoms with Gasteiger partial charge in [-0.2, -0.15) is 0 Å². The van der Waals surface area contributed by atoms with E-state index in [4.69, 9.17) is 0 Å². The summed E-state index contributed by atoms with van der Waals surface area (Å²) in [5.74, 6) is 0. The summed E-state index contributed by atoms with van der Waals surface area (Å²) in [5, 5.41) is 0. The predicted molar refractivity (Wildman–Crippen MR) is 23.0 cm³/mol. The van der Waals surface area contributed by atoms with Crippen LogP contribution in [-0.4, -0.2) is 136 Å². The quantitative estimate of drug-likeness (QED) is 0.462. The summed E-state index contributed by atoms with van der Waals surface area (Å²) in [4.78, 5) is 0. The van der Waals surface area contributed by atoms with Crippen molar-refractivity contribution in [2.45, 2.75) is 0 Å². The molecular formula is BaLiMgSr. The zero-order valence-corrected chi connectivity index (χ0v) is 12.5. The van der Waals surface area contributed by atoms with Gasteiger partial charge in [-0.05, 0) is 0 Å². The molecule has 7 radical (unpaired) electrons. The van der Waals surface area contributed by atoms with Gasteiger partial charge in [0.05, 0.1) is 0 Å². The second-order valence-electron chi connectivity index (χ2n) is 0. The van der Waals surface area contributed by atoms with Crippen molar-refractivity contribution < 1.29 is 0 Å². The van der Waals surface area contributed by atoms with Crippen molar-refractivity contribution in [3.05, 3.63) is 0 Å². The monoisotopic (exact) mass is 257 g/mol. The van der Waals surface area contributed by atoms with Crippen molar-refractivity contribution in [3.63, 3.8) is 0 Å². The molecule has 0 heterocycles. The van der Waals surface area contributed by atoms with Gasteiger partial charge in [0.25, 0.3) is 0 Å². The van der Waals surface area contributed by atoms with E-state index in [1.807, 2.05) is 0 Å². The van der Waals surface area contributed by atoms with Crippen LogP contribution in [0, 0.1) is 0 Å². The van der Waals surface area contributed by atoms with Gasteiger partial charge in [-0.25, -0.2) is 0 Å². The smallest absolute Gasteiger partial charge is 0 e. The number of rotatable bonds is 0. The second-order valence-corrected chi connectivity index (χ2v) is 0. The molecule has 0 aromatic carbocycles. The average Bonchev–Trinajstić information content (AvgIpc) is 0. The summed E-state index contributed by atoms with van der Waals surface area (Å²) in [6, 6.07) is 0. The van der Waals surface area contributed by atoms with Gasteiger partial charge in [0.15, 0.2) is 0 Å². The summed E-state index contributed by atoms with van der Waals surface area (Å²) in [6.45, 7) is 0. The average molecular weight is 256 g/mol. The minimum absolute atomic E-state index is 0. The van der Waals surface area contributed by atoms with E-state index < -0.39 is 0 Å². The third kappa shape index (κ3) is 9.65. The van der Waals surface area contributed by atoms with Crippen LogP contribution in [0.2, 0.25) is 0 Å². The van der Waals surface area contributed by atoms with Crippen LogP contribution in [0.25, 0.3) is 0 Å². The molecule has 0 aromatic heterocycles. The Bertz CT molecular complexity index is 8.00. The zero-order chi connectivity index (χ0) is 0. The normalized spacial score (nSPS) is 0. The molecule has 0 aliphatic carbocycles. The van der Waals surface area contributed by atoms with Gasteiger partial charge in [-0.15, -0.1) is 0 Å². The first-order valence-electron chi connectivity index (χ1n) is 0. The van der Waals surface area contributed by atoms with Gasteiger partial charge >= 0.3 is 0 Å². The molecule has 0 rings (SSSR count). The Kier molecular flexibility index (Phi) is 92.9. The summed E-state index contributed by atoms with van der Waals surface area (Å²) >= 11 is 0. The fourth-order valence-electron chi connectivity index (χ4n) is 0. The van der Waals surface area contributed by atoms with Gasteiger partial charge in [0.2, 0.25) is 0 Å². The van der Waals surface area contributed by atoms with Crippen LogP contribution in [0.5, 0.6) is 0 Å². The first-order chi connectivity index (χ1) is 0. The molecule has 0 saturated carbocycles. The minimum Gasteiger partial charge on any atom is 0 e. The van der Waals surface area contributed by atoms with Crippen molar-refractivity contribution in [2.24, 2.45) is 0 Å². The molecule has 0 unspecified atom stereocenters. The van der Waals surface area contributed by atoms with Crippen molar-refractivity contribution in [2.75, 3.05) is 0 Å². The van der Waals surface area contributed by atoms with E-state index in [0.717, 1.165) is 0 Å². The molecular weight excluding hydrogens is 256 g/mol. The van der Waals surface area contributed by atoms with Crippen LogP contribution in [0.1, 0.15) is 0 Å². The molecule has 0 nitrogen and oxygen atoms in total. The summed E-state index contributed by atoms with van der Waals surface area (Å²) in [5.41, 5.74) is 0. The van der Waals surface area contributed by atoms with Gasteiger partial charge in [-0.1, -0.05) is 0 Å². The first kappa shape index (κ1) is 23.7. The van der Waals surface area contributed by atoms with Crippen LogP contribution in [-0.2, 0) is 0 Å². The maximum absolute atomic E-state index is 0. The minimum atomic E-state index is 0. The number of hydrogen-bond acceptors (Lipinski definition) is 0. The molecule has 0 amide bonds. The molecule has 0 saturated heterocycles. The molecule has 0 aliphatic heterocycles. The molecule has 0 atom stereocenters. The Morgan fingerprint density at radius 1 is 1.00 bits per heavy atom. The van der Waals surface area contributed by atoms with Gasteiger partial charge in [-0.3, -0.25) is 0 Å². The molecule has 0 bridgehead atoms. The Labute approximate surface area is 132 Å². The van der Waals surface area contributed by atoms with E-state index in [9.17, 15) is 0 Å². The van der Waals surface area contributed by atoms with Crippen molar-refractivity contribution in [3.8, 4) is 0 Å². The van der Waals surface area contributed by atoms with E-state index >= 15 is 0 Å². The summed E-state index contributed by atoms with van der Waals surface area (Å²) in [6.07, 6.45) is 0. The van der Waals surface area contributed by atoms with Crippen LogP contribution in [0.4, 0.5) is 0 Å². The van der Waals surface area contributed by atoms with E-state index in [1.165, 1.54) is 0 Å². The van der Waals surface area contributed by atoms with E-state index in [1.54, 1.807) is 0 Å². The number of hydrogen-bond donors (Lipinski definition) is 0. The fraction of sp³-hybridized carbons (Fsp3) is 0. The Morgan fingerprint density at radius 3 is 1.00 bits per heavy atom. The summed E-state index contributed by atoms with van der Waals surface area (Å²) < 4.78 is 0. The van der Waals surface area contributed by atoms with Crippen LogP contribution >= 0.6 is 0 Å². The van der Waals surface area contributed by atoms with Gasteiger partial charge in [0, 0.05) is 136 Å². The summed E-state index contributed by atoms with van der Waals surface area (Å²) in [7, 11) is 0. The molecule has 0 spiro atoms. The van der Waals surface area contributed by atoms with E-state index in [2.05, 4.69) is 0 Å². The molecule has 0 N–H and O–H groups in total. The molecule has 0 aliphatic rings. The van der Waals surface area contributed by atoms with Crippen LogP contribution < -0.4 is 0 Å². The van der Waals surface area contributed by atoms with E-state index in [-0.39, 0.29) is 136 Å². The topological polar surface area (TPSA) is 0 Å². The Hall–Kier alpha value is 4.42. The maximum atomic E-state index is 0. The third-order valence-corrected chi connectivity index (χ3v) is 0. The zero-order valence-electron chi connectivity index (χ0n) is 3.12. The molecule has 7 valence electrons. The Balaban J connectivity index is 0. The fourth-order valence-corrected chi connectivity index (χ4v) is 0. The van der Waals surface area contributed by atoms with Crippen LogP contribution in [0.3, 0.4) is 0 Å². The molecule has 4 heteroatoms. The van der Waals surface area contributed by atoms with Gasteiger partial charge in [0.1, 0.15) is 0 Å². The van der Waals surface area contributed by atoms with Crippen molar-refractivity contribution in [1.82, 2.24) is 0 Å². The maximum Gasteiger partial charge on any atom is 0 e. The predicted octanol–water partition coefficient (Wildman–Crippen LogP) is -1.52. The first-order valence-corrected chi connectivity index (χ1v) is 0. The van der Waals surface area contributed by atoms with Crippen molar-refractivity contribution >= 4 is 136 Å². The SMILES string of the molecule is [Ba].[Li].[Mg].[Sr]. The van der Waals surface area contributed by atoms with Crippen molar-refractivity contribution in [1.29, 1.82) is 0 Å².